The van der Waals surface area contributed by atoms with Crippen LogP contribution in [-0.4, -0.2) is 27.3 Å². The Hall–Kier alpha value is -3.59. The Morgan fingerprint density at radius 3 is 2.65 bits per heavy atom. The van der Waals surface area contributed by atoms with E-state index in [1.807, 2.05) is 38.1 Å². The third-order valence-corrected chi connectivity index (χ3v) is 5.46. The van der Waals surface area contributed by atoms with Gasteiger partial charge < -0.3 is 4.74 Å². The van der Waals surface area contributed by atoms with E-state index in [1.54, 1.807) is 28.3 Å². The van der Waals surface area contributed by atoms with Gasteiger partial charge in [0.2, 0.25) is 0 Å². The Morgan fingerprint density at radius 2 is 1.87 bits per heavy atom. The highest BCUT2D eigenvalue weighted by atomic mass is 32.1. The van der Waals surface area contributed by atoms with E-state index in [0.29, 0.717) is 27.6 Å². The van der Waals surface area contributed by atoms with Crippen molar-refractivity contribution in [2.75, 3.05) is 5.32 Å². The number of rotatable bonds is 6. The summed E-state index contributed by atoms with van der Waals surface area (Å²) < 4.78 is 31.6. The Kier molecular flexibility index (Phi) is 5.77. The molecule has 0 aliphatic carbocycles. The lowest BCUT2D eigenvalue weighted by Gasteiger charge is -2.08. The van der Waals surface area contributed by atoms with Gasteiger partial charge in [0.05, 0.1) is 28.8 Å². The zero-order chi connectivity index (χ0) is 22.0. The topological polar surface area (TPSA) is 69.0 Å². The fraction of sp³-hybridized carbons (Fsp3) is 0.136. The molecular formula is C22H18F2N4O2S. The molecule has 0 fully saturated rings. The SMILES string of the molecule is Cc1ccccc1-n1ncc(C(=O)Nc2nc(-c3ccccc3OC(F)F)cs2)c1C. The number of carbonyl (C=O) groups excluding carboxylic acids is 1. The Balaban J connectivity index is 1.55. The van der Waals surface area contributed by atoms with Crippen LogP contribution < -0.4 is 10.1 Å². The van der Waals surface area contributed by atoms with Crippen molar-refractivity contribution in [2.45, 2.75) is 20.5 Å². The number of carbonyl (C=O) groups is 1. The molecule has 0 spiro atoms. The second-order valence-electron chi connectivity index (χ2n) is 6.71. The molecule has 0 radical (unpaired) electrons. The molecule has 0 saturated heterocycles. The highest BCUT2D eigenvalue weighted by Gasteiger charge is 2.18. The van der Waals surface area contributed by atoms with Gasteiger partial charge in [-0.25, -0.2) is 9.67 Å². The molecule has 0 unspecified atom stereocenters. The summed E-state index contributed by atoms with van der Waals surface area (Å²) in [6.07, 6.45) is 1.51. The van der Waals surface area contributed by atoms with Gasteiger partial charge >= 0.3 is 6.61 Å². The Morgan fingerprint density at radius 1 is 1.13 bits per heavy atom. The van der Waals surface area contributed by atoms with Crippen molar-refractivity contribution in [1.82, 2.24) is 14.8 Å². The average Bonchev–Trinajstić information content (AvgIpc) is 3.35. The smallest absolute Gasteiger partial charge is 0.387 e. The van der Waals surface area contributed by atoms with Crippen molar-refractivity contribution in [1.29, 1.82) is 0 Å². The number of hydrogen-bond acceptors (Lipinski definition) is 5. The van der Waals surface area contributed by atoms with E-state index >= 15 is 0 Å². The van der Waals surface area contributed by atoms with Crippen molar-refractivity contribution in [3.63, 3.8) is 0 Å². The second kappa shape index (κ2) is 8.65. The normalized spacial score (nSPS) is 11.0. The number of aromatic nitrogens is 3. The minimum atomic E-state index is -2.94. The summed E-state index contributed by atoms with van der Waals surface area (Å²) in [6, 6.07) is 14.1. The number of amides is 1. The van der Waals surface area contributed by atoms with Crippen molar-refractivity contribution in [3.05, 3.63) is 76.9 Å². The van der Waals surface area contributed by atoms with Crippen LogP contribution in [0.25, 0.3) is 16.9 Å². The number of aryl methyl sites for hydroxylation is 1. The summed E-state index contributed by atoms with van der Waals surface area (Å²) in [5.74, 6) is -0.327. The second-order valence-corrected chi connectivity index (χ2v) is 7.57. The summed E-state index contributed by atoms with van der Waals surface area (Å²) in [4.78, 5) is 17.2. The number of ether oxygens (including phenoxy) is 1. The van der Waals surface area contributed by atoms with Crippen molar-refractivity contribution in [3.8, 4) is 22.7 Å². The predicted octanol–water partition coefficient (Wildman–Crippen LogP) is 5.47. The lowest BCUT2D eigenvalue weighted by molar-refractivity contribution is -0.0494. The third kappa shape index (κ3) is 4.31. The standard InChI is InChI=1S/C22H18F2N4O2S/c1-13-7-3-5-9-18(13)28-14(2)16(11-25-28)20(29)27-22-26-17(12-31-22)15-8-4-6-10-19(15)30-21(23)24/h3-12,21H,1-2H3,(H,26,27,29). The summed E-state index contributed by atoms with van der Waals surface area (Å²) >= 11 is 1.19. The minimum Gasteiger partial charge on any atom is -0.434 e. The molecule has 2 aromatic carbocycles. The summed E-state index contributed by atoms with van der Waals surface area (Å²) in [5, 5.41) is 9.12. The molecule has 0 atom stereocenters. The number of halogens is 2. The highest BCUT2D eigenvalue weighted by Crippen LogP contribution is 2.33. The fourth-order valence-electron chi connectivity index (χ4n) is 3.17. The molecule has 6 nitrogen and oxygen atoms in total. The molecule has 4 rings (SSSR count). The predicted molar refractivity (Wildman–Crippen MR) is 115 cm³/mol. The van der Waals surface area contributed by atoms with E-state index in [-0.39, 0.29) is 11.7 Å². The maximum absolute atomic E-state index is 12.8. The number of alkyl halides is 2. The number of nitrogens with one attached hydrogen (secondary N) is 1. The zero-order valence-corrected chi connectivity index (χ0v) is 17.5. The number of benzene rings is 2. The van der Waals surface area contributed by atoms with E-state index < -0.39 is 6.61 Å². The maximum Gasteiger partial charge on any atom is 0.387 e. The first-order valence-corrected chi connectivity index (χ1v) is 10.2. The monoisotopic (exact) mass is 440 g/mol. The first-order chi connectivity index (χ1) is 14.9. The van der Waals surface area contributed by atoms with Crippen molar-refractivity contribution >= 4 is 22.4 Å². The summed E-state index contributed by atoms with van der Waals surface area (Å²) in [7, 11) is 0. The van der Waals surface area contributed by atoms with Gasteiger partial charge in [-0.2, -0.15) is 13.9 Å². The van der Waals surface area contributed by atoms with Gasteiger partial charge in [-0.3, -0.25) is 10.1 Å². The van der Waals surface area contributed by atoms with Crippen molar-refractivity contribution in [2.24, 2.45) is 0 Å². The average molecular weight is 440 g/mol. The van der Waals surface area contributed by atoms with E-state index in [1.165, 1.54) is 23.6 Å². The molecule has 1 amide bonds. The lowest BCUT2D eigenvalue weighted by atomic mass is 10.1. The van der Waals surface area contributed by atoms with Crippen LogP contribution in [0.3, 0.4) is 0 Å². The van der Waals surface area contributed by atoms with Gasteiger partial charge in [-0.15, -0.1) is 11.3 Å². The Bertz CT molecular complexity index is 1240. The van der Waals surface area contributed by atoms with Gasteiger partial charge in [-0.1, -0.05) is 30.3 Å². The van der Waals surface area contributed by atoms with Crippen LogP contribution in [0.5, 0.6) is 5.75 Å². The largest absolute Gasteiger partial charge is 0.434 e. The van der Waals surface area contributed by atoms with E-state index in [4.69, 9.17) is 0 Å². The number of hydrogen-bond donors (Lipinski definition) is 1. The van der Waals surface area contributed by atoms with Crippen LogP contribution in [0.15, 0.2) is 60.1 Å². The van der Waals surface area contributed by atoms with E-state index in [0.717, 1.165) is 11.3 Å². The molecule has 158 valence electrons. The molecule has 0 bridgehead atoms. The van der Waals surface area contributed by atoms with Gasteiger partial charge in [0.1, 0.15) is 5.75 Å². The molecule has 4 aromatic rings. The summed E-state index contributed by atoms with van der Waals surface area (Å²) in [5.41, 5.74) is 3.90. The highest BCUT2D eigenvalue weighted by molar-refractivity contribution is 7.14. The molecule has 31 heavy (non-hydrogen) atoms. The van der Waals surface area contributed by atoms with Crippen LogP contribution >= 0.6 is 11.3 Å². The Labute approximate surface area is 181 Å². The summed E-state index contributed by atoms with van der Waals surface area (Å²) in [6.45, 7) is 0.856. The molecule has 2 heterocycles. The van der Waals surface area contributed by atoms with Gasteiger partial charge in [0.15, 0.2) is 5.13 Å². The fourth-order valence-corrected chi connectivity index (χ4v) is 3.88. The quantitative estimate of drug-likeness (QED) is 0.432. The first kappa shape index (κ1) is 20.7. The molecule has 0 aliphatic rings. The molecule has 2 aromatic heterocycles. The van der Waals surface area contributed by atoms with Crippen LogP contribution in [-0.2, 0) is 0 Å². The molecule has 0 aliphatic heterocycles. The molecule has 1 N–H and O–H groups in total. The minimum absolute atomic E-state index is 0.0241. The van der Waals surface area contributed by atoms with Gasteiger partial charge in [0, 0.05) is 10.9 Å². The molecule has 0 saturated carbocycles. The molecular weight excluding hydrogens is 422 g/mol. The van der Waals surface area contributed by atoms with E-state index in [9.17, 15) is 13.6 Å². The lowest BCUT2D eigenvalue weighted by Crippen LogP contribution is -2.13. The van der Waals surface area contributed by atoms with Crippen LogP contribution in [0.2, 0.25) is 0 Å². The van der Waals surface area contributed by atoms with Crippen LogP contribution in [0.1, 0.15) is 21.6 Å². The van der Waals surface area contributed by atoms with E-state index in [2.05, 4.69) is 20.1 Å². The van der Waals surface area contributed by atoms with Crippen molar-refractivity contribution < 1.29 is 18.3 Å². The van der Waals surface area contributed by atoms with Crippen LogP contribution in [0, 0.1) is 13.8 Å². The van der Waals surface area contributed by atoms with Crippen LogP contribution in [0.4, 0.5) is 13.9 Å². The number of para-hydroxylation sites is 2. The first-order valence-electron chi connectivity index (χ1n) is 9.35. The van der Waals surface area contributed by atoms with Gasteiger partial charge in [-0.05, 0) is 37.6 Å². The number of nitrogens with zero attached hydrogens (tertiary/aromatic N) is 3. The zero-order valence-electron chi connectivity index (χ0n) is 16.7. The number of thiazole rings is 1. The maximum atomic E-state index is 12.8. The third-order valence-electron chi connectivity index (χ3n) is 4.70. The number of anilines is 1. The molecule has 9 heteroatoms. The van der Waals surface area contributed by atoms with Gasteiger partial charge in [0.25, 0.3) is 5.91 Å².